The highest BCUT2D eigenvalue weighted by Crippen LogP contribution is 2.55. The molecule has 0 aromatic carbocycles. The summed E-state index contributed by atoms with van der Waals surface area (Å²) in [7, 11) is -2.50. The molecule has 116 valence electrons. The summed E-state index contributed by atoms with van der Waals surface area (Å²) in [5, 5.41) is 0. The Morgan fingerprint density at radius 1 is 1.20 bits per heavy atom. The topological polar surface area (TPSA) is 78.9 Å². The molecule has 0 aliphatic heterocycles. The molecule has 0 amide bonds. The van der Waals surface area contributed by atoms with E-state index in [-0.39, 0.29) is 19.6 Å². The SMILES string of the molecule is C/C=C(\C)C(=O)C(CC(=O)OC)P(=O)(OCC)OCC. The van der Waals surface area contributed by atoms with Gasteiger partial charge >= 0.3 is 13.6 Å². The molecule has 0 heterocycles. The first-order chi connectivity index (χ1) is 9.36. The van der Waals surface area contributed by atoms with Gasteiger partial charge in [-0.3, -0.25) is 14.2 Å². The third-order valence-electron chi connectivity index (χ3n) is 2.71. The van der Waals surface area contributed by atoms with Gasteiger partial charge in [-0.05, 0) is 33.3 Å². The van der Waals surface area contributed by atoms with E-state index in [0.29, 0.717) is 5.57 Å². The summed E-state index contributed by atoms with van der Waals surface area (Å²) < 4.78 is 27.6. The quantitative estimate of drug-likeness (QED) is 0.370. The molecule has 0 rings (SSSR count). The van der Waals surface area contributed by atoms with Gasteiger partial charge in [0.05, 0.1) is 26.7 Å². The van der Waals surface area contributed by atoms with Crippen molar-refractivity contribution in [1.29, 1.82) is 0 Å². The second-order valence-electron chi connectivity index (χ2n) is 4.01. The zero-order valence-corrected chi connectivity index (χ0v) is 13.6. The monoisotopic (exact) mass is 306 g/mol. The highest BCUT2D eigenvalue weighted by atomic mass is 31.2. The number of esters is 1. The van der Waals surface area contributed by atoms with Crippen molar-refractivity contribution >= 4 is 19.3 Å². The summed E-state index contributed by atoms with van der Waals surface area (Å²) in [6.07, 6.45) is 1.26. The number of hydrogen-bond donors (Lipinski definition) is 0. The Morgan fingerprint density at radius 3 is 2.05 bits per heavy atom. The number of hydrogen-bond acceptors (Lipinski definition) is 6. The fourth-order valence-corrected chi connectivity index (χ4v) is 3.59. The third-order valence-corrected chi connectivity index (χ3v) is 5.13. The van der Waals surface area contributed by atoms with Crippen molar-refractivity contribution in [1.82, 2.24) is 0 Å². The number of allylic oxidation sites excluding steroid dienone is 2. The summed E-state index contributed by atoms with van der Waals surface area (Å²) in [6, 6.07) is 0. The van der Waals surface area contributed by atoms with E-state index in [1.165, 1.54) is 7.11 Å². The zero-order chi connectivity index (χ0) is 15.8. The van der Waals surface area contributed by atoms with Gasteiger partial charge in [-0.25, -0.2) is 0 Å². The predicted molar refractivity (Wildman–Crippen MR) is 75.7 cm³/mol. The number of ketones is 1. The summed E-state index contributed by atoms with van der Waals surface area (Å²) in [4.78, 5) is 23.8. The summed E-state index contributed by atoms with van der Waals surface area (Å²) in [5.41, 5.74) is -0.774. The van der Waals surface area contributed by atoms with E-state index in [9.17, 15) is 14.2 Å². The Hall–Kier alpha value is -0.970. The number of methoxy groups -OCH3 is 1. The van der Waals surface area contributed by atoms with Crippen LogP contribution < -0.4 is 0 Å². The van der Waals surface area contributed by atoms with E-state index < -0.39 is 25.0 Å². The fraction of sp³-hybridized carbons (Fsp3) is 0.692. The maximum Gasteiger partial charge on any atom is 0.342 e. The Bertz CT molecular complexity index is 405. The second-order valence-corrected chi connectivity index (χ2v) is 6.23. The Labute approximate surface area is 120 Å². The van der Waals surface area contributed by atoms with E-state index in [2.05, 4.69) is 4.74 Å². The van der Waals surface area contributed by atoms with E-state index >= 15 is 0 Å². The largest absolute Gasteiger partial charge is 0.469 e. The molecule has 0 spiro atoms. The van der Waals surface area contributed by atoms with Crippen LogP contribution in [0.5, 0.6) is 0 Å². The van der Waals surface area contributed by atoms with Gasteiger partial charge in [-0.15, -0.1) is 0 Å². The first-order valence-electron chi connectivity index (χ1n) is 6.48. The minimum Gasteiger partial charge on any atom is -0.469 e. The number of Topliss-reactive ketones (excluding diaryl/α,β-unsaturated/α-hetero) is 1. The molecule has 0 aliphatic carbocycles. The molecule has 0 aromatic heterocycles. The molecule has 20 heavy (non-hydrogen) atoms. The Kier molecular flexibility index (Phi) is 8.62. The van der Waals surface area contributed by atoms with Crippen LogP contribution in [0.3, 0.4) is 0 Å². The van der Waals surface area contributed by atoms with Crippen molar-refractivity contribution in [2.45, 2.75) is 39.8 Å². The van der Waals surface area contributed by atoms with E-state index in [1.807, 2.05) is 0 Å². The molecule has 6 nitrogen and oxygen atoms in total. The molecule has 0 aliphatic rings. The predicted octanol–water partition coefficient (Wildman–Crippen LogP) is 2.72. The lowest BCUT2D eigenvalue weighted by Gasteiger charge is -2.24. The summed E-state index contributed by atoms with van der Waals surface area (Å²) in [6.45, 7) is 6.82. The smallest absolute Gasteiger partial charge is 0.342 e. The Morgan fingerprint density at radius 2 is 1.70 bits per heavy atom. The maximum atomic E-state index is 12.7. The van der Waals surface area contributed by atoms with Crippen LogP contribution in [-0.2, 0) is 27.9 Å². The molecule has 7 heteroatoms. The minimum atomic E-state index is -3.71. The van der Waals surface area contributed by atoms with Gasteiger partial charge in [-0.2, -0.15) is 0 Å². The highest BCUT2D eigenvalue weighted by Gasteiger charge is 2.42. The van der Waals surface area contributed by atoms with Gasteiger partial charge in [0.25, 0.3) is 0 Å². The molecule has 0 saturated carbocycles. The van der Waals surface area contributed by atoms with E-state index in [1.54, 1.807) is 33.8 Å². The first kappa shape index (κ1) is 19.0. The molecule has 1 unspecified atom stereocenters. The van der Waals surface area contributed by atoms with Crippen molar-refractivity contribution in [2.75, 3.05) is 20.3 Å². The van der Waals surface area contributed by atoms with Gasteiger partial charge in [0.2, 0.25) is 0 Å². The Balaban J connectivity index is 5.52. The lowest BCUT2D eigenvalue weighted by Crippen LogP contribution is -2.28. The van der Waals surface area contributed by atoms with Crippen molar-refractivity contribution in [2.24, 2.45) is 0 Å². The summed E-state index contributed by atoms with van der Waals surface area (Å²) >= 11 is 0. The van der Waals surface area contributed by atoms with Crippen LogP contribution in [0.15, 0.2) is 11.6 Å². The van der Waals surface area contributed by atoms with Crippen LogP contribution >= 0.6 is 7.60 Å². The van der Waals surface area contributed by atoms with Gasteiger partial charge in [0.15, 0.2) is 5.78 Å². The van der Waals surface area contributed by atoms with Crippen LogP contribution in [-0.4, -0.2) is 37.7 Å². The third kappa shape index (κ3) is 5.19. The molecule has 1 atom stereocenters. The van der Waals surface area contributed by atoms with Gasteiger partial charge in [0, 0.05) is 0 Å². The maximum absolute atomic E-state index is 12.7. The van der Waals surface area contributed by atoms with Crippen LogP contribution in [0.4, 0.5) is 0 Å². The van der Waals surface area contributed by atoms with Crippen LogP contribution in [0, 0.1) is 0 Å². The van der Waals surface area contributed by atoms with Crippen LogP contribution in [0.25, 0.3) is 0 Å². The molecule has 0 radical (unpaired) electrons. The first-order valence-corrected chi connectivity index (χ1v) is 8.10. The number of ether oxygens (including phenoxy) is 1. The molecule has 0 saturated heterocycles. The lowest BCUT2D eigenvalue weighted by molar-refractivity contribution is -0.141. The van der Waals surface area contributed by atoms with Gasteiger partial charge < -0.3 is 13.8 Å². The average molecular weight is 306 g/mol. The molecular formula is C13H23O6P. The van der Waals surface area contributed by atoms with Gasteiger partial charge in [0.1, 0.15) is 5.66 Å². The second kappa shape index (κ2) is 9.06. The molecule has 0 aromatic rings. The lowest BCUT2D eigenvalue weighted by atomic mass is 10.1. The molecule has 0 fully saturated rings. The normalized spacial score (nSPS) is 13.9. The minimum absolute atomic E-state index is 0.122. The number of carbonyl (C=O) groups excluding carboxylic acids is 2. The number of carbonyl (C=O) groups is 2. The standard InChI is InChI=1S/C13H23O6P/c1-6-10(4)13(15)11(9-12(14)17-5)20(16,18-7-2)19-8-3/h6,11H,7-9H2,1-5H3/b10-6+. The van der Waals surface area contributed by atoms with Crippen molar-refractivity contribution in [3.8, 4) is 0 Å². The van der Waals surface area contributed by atoms with E-state index in [0.717, 1.165) is 0 Å². The zero-order valence-electron chi connectivity index (χ0n) is 12.7. The molecule has 0 bridgehead atoms. The average Bonchev–Trinajstić information content (AvgIpc) is 2.43. The fourth-order valence-electron chi connectivity index (χ4n) is 1.57. The van der Waals surface area contributed by atoms with Gasteiger partial charge in [-0.1, -0.05) is 6.08 Å². The van der Waals surface area contributed by atoms with Crippen molar-refractivity contribution in [3.63, 3.8) is 0 Å². The van der Waals surface area contributed by atoms with Crippen LogP contribution in [0.2, 0.25) is 0 Å². The molecule has 0 N–H and O–H groups in total. The highest BCUT2D eigenvalue weighted by molar-refractivity contribution is 7.55. The summed E-state index contributed by atoms with van der Waals surface area (Å²) in [5.74, 6) is -1.06. The molecular weight excluding hydrogens is 283 g/mol. The number of rotatable bonds is 9. The van der Waals surface area contributed by atoms with Crippen molar-refractivity contribution in [3.05, 3.63) is 11.6 Å². The van der Waals surface area contributed by atoms with E-state index in [4.69, 9.17) is 9.05 Å². The van der Waals surface area contributed by atoms with Crippen LogP contribution in [0.1, 0.15) is 34.1 Å². The van der Waals surface area contributed by atoms with Crippen molar-refractivity contribution < 1.29 is 27.9 Å².